The molecule has 0 N–H and O–H groups in total. The fourth-order valence-corrected chi connectivity index (χ4v) is 2.97. The molecular formula is C12H23BrO2. The summed E-state index contributed by atoms with van der Waals surface area (Å²) in [5.74, 6) is 0. The molecule has 2 nitrogen and oxygen atoms in total. The van der Waals surface area contributed by atoms with Crippen LogP contribution >= 0.6 is 15.9 Å². The van der Waals surface area contributed by atoms with Crippen LogP contribution in [0.5, 0.6) is 0 Å². The normalized spacial score (nSPS) is 32.2. The van der Waals surface area contributed by atoms with E-state index in [1.165, 1.54) is 0 Å². The topological polar surface area (TPSA) is 18.5 Å². The van der Waals surface area contributed by atoms with Crippen LogP contribution in [0.15, 0.2) is 0 Å². The van der Waals surface area contributed by atoms with Gasteiger partial charge in [0.1, 0.15) is 0 Å². The van der Waals surface area contributed by atoms with Gasteiger partial charge in [0.15, 0.2) is 0 Å². The minimum absolute atomic E-state index is 0.0315. The monoisotopic (exact) mass is 278 g/mol. The summed E-state index contributed by atoms with van der Waals surface area (Å²) in [6.45, 7) is 10.2. The van der Waals surface area contributed by atoms with Crippen molar-refractivity contribution >= 4 is 15.9 Å². The third-order valence-electron chi connectivity index (χ3n) is 3.23. The maximum absolute atomic E-state index is 5.79. The average Bonchev–Trinajstić information content (AvgIpc) is 2.46. The van der Waals surface area contributed by atoms with Crippen LogP contribution in [-0.2, 0) is 9.47 Å². The summed E-state index contributed by atoms with van der Waals surface area (Å²) in [6, 6.07) is 0. The van der Waals surface area contributed by atoms with Crippen molar-refractivity contribution in [2.75, 3.05) is 18.5 Å². The molecule has 1 aliphatic heterocycles. The molecule has 0 bridgehead atoms. The number of hydrogen-bond acceptors (Lipinski definition) is 2. The molecule has 0 radical (unpaired) electrons. The molecule has 1 rings (SSSR count). The smallest absolute Gasteiger partial charge is 0.0612 e. The van der Waals surface area contributed by atoms with Gasteiger partial charge in [-0.05, 0) is 40.5 Å². The molecule has 2 unspecified atom stereocenters. The molecule has 90 valence electrons. The maximum Gasteiger partial charge on any atom is 0.0612 e. The molecule has 1 heterocycles. The molecule has 0 amide bonds. The van der Waals surface area contributed by atoms with Gasteiger partial charge in [-0.25, -0.2) is 0 Å². The Morgan fingerprint density at radius 1 is 1.47 bits per heavy atom. The van der Waals surface area contributed by atoms with Gasteiger partial charge >= 0.3 is 0 Å². The Bertz CT molecular complexity index is 200. The quantitative estimate of drug-likeness (QED) is 0.734. The first-order valence-electron chi connectivity index (χ1n) is 5.71. The lowest BCUT2D eigenvalue weighted by Crippen LogP contribution is -2.33. The second kappa shape index (κ2) is 5.15. The van der Waals surface area contributed by atoms with Crippen LogP contribution in [0.2, 0.25) is 0 Å². The standard InChI is InChI=1S/C12H23BrO2/c1-10-12(9-13,5-7-14-10)6-8-15-11(2,3)4/h10H,5-9H2,1-4H3. The van der Waals surface area contributed by atoms with E-state index < -0.39 is 0 Å². The van der Waals surface area contributed by atoms with Gasteiger partial charge in [0.2, 0.25) is 0 Å². The molecule has 1 saturated heterocycles. The van der Waals surface area contributed by atoms with E-state index in [-0.39, 0.29) is 11.0 Å². The largest absolute Gasteiger partial charge is 0.378 e. The predicted molar refractivity (Wildman–Crippen MR) is 66.6 cm³/mol. The highest BCUT2D eigenvalue weighted by atomic mass is 79.9. The van der Waals surface area contributed by atoms with E-state index in [0.717, 1.165) is 31.4 Å². The van der Waals surface area contributed by atoms with Gasteiger partial charge in [-0.2, -0.15) is 0 Å². The van der Waals surface area contributed by atoms with E-state index in [0.29, 0.717) is 6.10 Å². The number of hydrogen-bond donors (Lipinski definition) is 0. The fourth-order valence-electron chi connectivity index (χ4n) is 1.95. The van der Waals surface area contributed by atoms with Crippen molar-refractivity contribution in [2.45, 2.75) is 52.2 Å². The van der Waals surface area contributed by atoms with Crippen LogP contribution < -0.4 is 0 Å². The number of ether oxygens (including phenoxy) is 2. The first-order valence-corrected chi connectivity index (χ1v) is 6.83. The van der Waals surface area contributed by atoms with E-state index in [4.69, 9.17) is 9.47 Å². The van der Waals surface area contributed by atoms with E-state index in [1.807, 2.05) is 0 Å². The highest BCUT2D eigenvalue weighted by Gasteiger charge is 2.40. The first kappa shape index (κ1) is 13.5. The van der Waals surface area contributed by atoms with Crippen molar-refractivity contribution in [1.29, 1.82) is 0 Å². The Labute approximate surface area is 102 Å². The third-order valence-corrected chi connectivity index (χ3v) is 4.35. The summed E-state index contributed by atoms with van der Waals surface area (Å²) in [6.07, 6.45) is 2.57. The molecule has 3 heteroatoms. The summed E-state index contributed by atoms with van der Waals surface area (Å²) in [5.41, 5.74) is 0.251. The van der Waals surface area contributed by atoms with Crippen LogP contribution in [0.4, 0.5) is 0 Å². The SMILES string of the molecule is CC1OCCC1(CBr)CCOC(C)(C)C. The van der Waals surface area contributed by atoms with Gasteiger partial charge in [-0.15, -0.1) is 0 Å². The number of halogens is 1. The lowest BCUT2D eigenvalue weighted by molar-refractivity contribution is -0.0254. The number of alkyl halides is 1. The van der Waals surface area contributed by atoms with Crippen LogP contribution in [-0.4, -0.2) is 30.2 Å². The van der Waals surface area contributed by atoms with E-state index in [9.17, 15) is 0 Å². The van der Waals surface area contributed by atoms with Crippen LogP contribution in [0.3, 0.4) is 0 Å². The summed E-state index contributed by atoms with van der Waals surface area (Å²) < 4.78 is 11.4. The molecule has 1 aliphatic rings. The summed E-state index contributed by atoms with van der Waals surface area (Å²) in [5, 5.41) is 1.01. The number of rotatable bonds is 4. The summed E-state index contributed by atoms with van der Waals surface area (Å²) in [7, 11) is 0. The Hall–Kier alpha value is 0.400. The van der Waals surface area contributed by atoms with Crippen molar-refractivity contribution < 1.29 is 9.47 Å². The van der Waals surface area contributed by atoms with E-state index >= 15 is 0 Å². The second-order valence-corrected chi connectivity index (χ2v) is 6.03. The van der Waals surface area contributed by atoms with Gasteiger partial charge in [-0.1, -0.05) is 15.9 Å². The first-order chi connectivity index (χ1) is 6.90. The van der Waals surface area contributed by atoms with Crippen LogP contribution in [0.25, 0.3) is 0 Å². The minimum Gasteiger partial charge on any atom is -0.378 e. The molecule has 0 aliphatic carbocycles. The zero-order chi connectivity index (χ0) is 11.5. The Balaban J connectivity index is 2.41. The molecule has 0 aromatic carbocycles. The lowest BCUT2D eigenvalue weighted by atomic mass is 9.81. The Kier molecular flexibility index (Phi) is 4.63. The average molecular weight is 279 g/mol. The van der Waals surface area contributed by atoms with Crippen LogP contribution in [0.1, 0.15) is 40.5 Å². The van der Waals surface area contributed by atoms with Crippen molar-refractivity contribution in [3.05, 3.63) is 0 Å². The summed E-state index contributed by atoms with van der Waals surface area (Å²) in [4.78, 5) is 0. The van der Waals surface area contributed by atoms with E-state index in [2.05, 4.69) is 43.6 Å². The van der Waals surface area contributed by atoms with Gasteiger partial charge in [0, 0.05) is 24.0 Å². The van der Waals surface area contributed by atoms with Gasteiger partial charge < -0.3 is 9.47 Å². The van der Waals surface area contributed by atoms with Gasteiger partial charge in [0.05, 0.1) is 11.7 Å². The van der Waals surface area contributed by atoms with Gasteiger partial charge in [-0.3, -0.25) is 0 Å². The molecule has 1 fully saturated rings. The molecule has 0 aromatic heterocycles. The molecule has 0 saturated carbocycles. The molecule has 15 heavy (non-hydrogen) atoms. The highest BCUT2D eigenvalue weighted by molar-refractivity contribution is 9.09. The molecule has 0 aromatic rings. The molecule has 2 atom stereocenters. The highest BCUT2D eigenvalue weighted by Crippen LogP contribution is 2.40. The predicted octanol–water partition coefficient (Wildman–Crippen LogP) is 3.38. The van der Waals surface area contributed by atoms with Gasteiger partial charge in [0.25, 0.3) is 0 Å². The zero-order valence-corrected chi connectivity index (χ0v) is 11.9. The second-order valence-electron chi connectivity index (χ2n) is 5.47. The van der Waals surface area contributed by atoms with E-state index in [1.54, 1.807) is 0 Å². The minimum atomic E-state index is -0.0315. The summed E-state index contributed by atoms with van der Waals surface area (Å²) >= 11 is 3.62. The van der Waals surface area contributed by atoms with Crippen molar-refractivity contribution in [1.82, 2.24) is 0 Å². The van der Waals surface area contributed by atoms with Crippen molar-refractivity contribution in [3.63, 3.8) is 0 Å². The molecule has 0 spiro atoms. The Morgan fingerprint density at radius 3 is 2.53 bits per heavy atom. The van der Waals surface area contributed by atoms with Crippen molar-refractivity contribution in [3.8, 4) is 0 Å². The third kappa shape index (κ3) is 3.72. The van der Waals surface area contributed by atoms with Crippen molar-refractivity contribution in [2.24, 2.45) is 5.41 Å². The maximum atomic E-state index is 5.79. The zero-order valence-electron chi connectivity index (χ0n) is 10.3. The fraction of sp³-hybridized carbons (Fsp3) is 1.00. The molecular weight excluding hydrogens is 256 g/mol. The van der Waals surface area contributed by atoms with Crippen LogP contribution in [0, 0.1) is 5.41 Å². The lowest BCUT2D eigenvalue weighted by Gasteiger charge is -2.31. The Morgan fingerprint density at radius 2 is 2.13 bits per heavy atom.